The van der Waals surface area contributed by atoms with Crippen LogP contribution in [0, 0.1) is 5.92 Å². The number of quaternary nitrogens is 2. The van der Waals surface area contributed by atoms with Gasteiger partial charge in [-0.15, -0.1) is 5.10 Å². The Balaban J connectivity index is 1.70. The average Bonchev–Trinajstić information content (AvgIpc) is 3.14. The second-order valence-electron chi connectivity index (χ2n) is 8.91. The SMILES string of the molecule is CCC(C)(C)n1nnnc1[C@H](C(C)C)[NH+]1CC[NH+](Cc2ccccc2)CC1. The zero-order valence-electron chi connectivity index (χ0n) is 17.6. The molecule has 148 valence electrons. The van der Waals surface area contributed by atoms with Gasteiger partial charge in [0.05, 0.1) is 5.54 Å². The lowest BCUT2D eigenvalue weighted by Crippen LogP contribution is -3.27. The zero-order valence-corrected chi connectivity index (χ0v) is 17.6. The fraction of sp³-hybridized carbons (Fsp3) is 0.667. The first-order valence-electron chi connectivity index (χ1n) is 10.4. The van der Waals surface area contributed by atoms with Gasteiger partial charge in [-0.2, -0.15) is 0 Å². The number of tetrazole rings is 1. The zero-order chi connectivity index (χ0) is 19.4. The van der Waals surface area contributed by atoms with Gasteiger partial charge in [0.25, 0.3) is 0 Å². The van der Waals surface area contributed by atoms with Crippen molar-refractivity contribution in [3.8, 4) is 0 Å². The molecule has 1 aliphatic rings. The number of rotatable bonds is 7. The summed E-state index contributed by atoms with van der Waals surface area (Å²) in [5.41, 5.74) is 1.39. The molecule has 1 saturated heterocycles. The highest BCUT2D eigenvalue weighted by molar-refractivity contribution is 5.13. The van der Waals surface area contributed by atoms with E-state index in [2.05, 4.69) is 85.2 Å². The number of hydrogen-bond donors (Lipinski definition) is 2. The van der Waals surface area contributed by atoms with Crippen LogP contribution in [0.25, 0.3) is 0 Å². The van der Waals surface area contributed by atoms with E-state index in [1.807, 2.05) is 0 Å². The van der Waals surface area contributed by atoms with E-state index in [9.17, 15) is 0 Å². The summed E-state index contributed by atoms with van der Waals surface area (Å²) >= 11 is 0. The van der Waals surface area contributed by atoms with Gasteiger partial charge < -0.3 is 9.80 Å². The van der Waals surface area contributed by atoms with Gasteiger partial charge in [-0.3, -0.25) is 0 Å². The minimum atomic E-state index is -0.0498. The molecular formula is C21H36N6+2. The highest BCUT2D eigenvalue weighted by atomic mass is 15.6. The lowest BCUT2D eigenvalue weighted by atomic mass is 9.97. The Morgan fingerprint density at radius 2 is 1.74 bits per heavy atom. The fourth-order valence-electron chi connectivity index (χ4n) is 4.22. The third kappa shape index (κ3) is 4.55. The van der Waals surface area contributed by atoms with Crippen LogP contribution >= 0.6 is 0 Å². The van der Waals surface area contributed by atoms with Crippen LogP contribution in [-0.2, 0) is 12.1 Å². The highest BCUT2D eigenvalue weighted by Gasteiger charge is 2.38. The Morgan fingerprint density at radius 3 is 2.33 bits per heavy atom. The van der Waals surface area contributed by atoms with Crippen LogP contribution in [0.3, 0.4) is 0 Å². The second-order valence-corrected chi connectivity index (χ2v) is 8.91. The van der Waals surface area contributed by atoms with E-state index < -0.39 is 0 Å². The third-order valence-electron chi connectivity index (χ3n) is 6.21. The van der Waals surface area contributed by atoms with Crippen molar-refractivity contribution < 1.29 is 9.80 Å². The van der Waals surface area contributed by atoms with Crippen molar-refractivity contribution in [2.24, 2.45) is 5.92 Å². The van der Waals surface area contributed by atoms with Gasteiger partial charge in [0.2, 0.25) is 5.82 Å². The normalized spacial score (nSPS) is 22.1. The van der Waals surface area contributed by atoms with Crippen molar-refractivity contribution >= 4 is 0 Å². The smallest absolute Gasteiger partial charge is 0.210 e. The molecule has 6 heteroatoms. The third-order valence-corrected chi connectivity index (χ3v) is 6.21. The average molecular weight is 373 g/mol. The number of nitrogens with one attached hydrogen (secondary N) is 2. The minimum Gasteiger partial charge on any atom is -0.322 e. The van der Waals surface area contributed by atoms with Crippen molar-refractivity contribution in [1.82, 2.24) is 20.2 Å². The Bertz CT molecular complexity index is 700. The van der Waals surface area contributed by atoms with Crippen molar-refractivity contribution in [3.63, 3.8) is 0 Å². The minimum absolute atomic E-state index is 0.0498. The first-order valence-corrected chi connectivity index (χ1v) is 10.4. The molecule has 27 heavy (non-hydrogen) atoms. The first-order chi connectivity index (χ1) is 12.9. The van der Waals surface area contributed by atoms with Gasteiger partial charge in [-0.25, -0.2) is 4.68 Å². The predicted octanol–water partition coefficient (Wildman–Crippen LogP) is 0.499. The van der Waals surface area contributed by atoms with Crippen molar-refractivity contribution in [2.45, 2.75) is 59.2 Å². The summed E-state index contributed by atoms with van der Waals surface area (Å²) in [6.07, 6.45) is 1.01. The summed E-state index contributed by atoms with van der Waals surface area (Å²) in [5, 5.41) is 12.9. The van der Waals surface area contributed by atoms with E-state index in [4.69, 9.17) is 0 Å². The molecule has 0 aliphatic carbocycles. The summed E-state index contributed by atoms with van der Waals surface area (Å²) in [5.74, 6) is 1.56. The summed E-state index contributed by atoms with van der Waals surface area (Å²) in [6.45, 7) is 17.1. The van der Waals surface area contributed by atoms with E-state index in [1.165, 1.54) is 31.7 Å². The molecule has 2 aromatic rings. The van der Waals surface area contributed by atoms with E-state index in [0.717, 1.165) is 18.8 Å². The van der Waals surface area contributed by atoms with Crippen LogP contribution in [0.4, 0.5) is 0 Å². The lowest BCUT2D eigenvalue weighted by molar-refractivity contribution is -1.03. The molecule has 1 aromatic carbocycles. The van der Waals surface area contributed by atoms with Crippen LogP contribution in [-0.4, -0.2) is 46.4 Å². The van der Waals surface area contributed by atoms with E-state index in [1.54, 1.807) is 9.80 Å². The van der Waals surface area contributed by atoms with Crippen molar-refractivity contribution in [2.75, 3.05) is 26.2 Å². The van der Waals surface area contributed by atoms with Gasteiger partial charge in [0, 0.05) is 11.5 Å². The molecular weight excluding hydrogens is 336 g/mol. The van der Waals surface area contributed by atoms with Crippen molar-refractivity contribution in [1.29, 1.82) is 0 Å². The summed E-state index contributed by atoms with van der Waals surface area (Å²) in [6, 6.07) is 11.2. The Kier molecular flexibility index (Phi) is 6.27. The van der Waals surface area contributed by atoms with Gasteiger partial charge in [0.1, 0.15) is 32.7 Å². The molecule has 0 amide bonds. The van der Waals surface area contributed by atoms with Gasteiger partial charge in [-0.05, 0) is 30.7 Å². The molecule has 0 bridgehead atoms. The molecule has 1 aromatic heterocycles. The topological polar surface area (TPSA) is 52.5 Å². The number of benzene rings is 1. The quantitative estimate of drug-likeness (QED) is 0.744. The molecule has 1 fully saturated rings. The number of hydrogen-bond acceptors (Lipinski definition) is 3. The summed E-state index contributed by atoms with van der Waals surface area (Å²) in [4.78, 5) is 3.31. The molecule has 3 rings (SSSR count). The molecule has 0 unspecified atom stereocenters. The summed E-state index contributed by atoms with van der Waals surface area (Å²) < 4.78 is 2.08. The Labute approximate surface area is 163 Å². The maximum Gasteiger partial charge on any atom is 0.210 e. The number of aromatic nitrogens is 4. The van der Waals surface area contributed by atoms with Crippen LogP contribution in [0.15, 0.2) is 30.3 Å². The van der Waals surface area contributed by atoms with E-state index in [-0.39, 0.29) is 5.54 Å². The predicted molar refractivity (Wildman–Crippen MR) is 107 cm³/mol. The van der Waals surface area contributed by atoms with Gasteiger partial charge in [0.15, 0.2) is 6.04 Å². The fourth-order valence-corrected chi connectivity index (χ4v) is 4.22. The molecule has 2 heterocycles. The second kappa shape index (κ2) is 8.48. The monoisotopic (exact) mass is 372 g/mol. The summed E-state index contributed by atoms with van der Waals surface area (Å²) in [7, 11) is 0. The highest BCUT2D eigenvalue weighted by Crippen LogP contribution is 2.24. The number of nitrogens with zero attached hydrogens (tertiary/aromatic N) is 4. The molecule has 0 spiro atoms. The maximum atomic E-state index is 4.49. The standard InChI is InChI=1S/C21H34N6/c1-6-21(4,5)27-20(22-23-24-27)19(17(2)3)26-14-12-25(13-15-26)16-18-10-8-7-9-11-18/h7-11,17,19H,6,12-16H2,1-5H3/p+2/t19-/m0/s1. The van der Waals surface area contributed by atoms with E-state index in [0.29, 0.717) is 12.0 Å². The largest absolute Gasteiger partial charge is 0.322 e. The Morgan fingerprint density at radius 1 is 1.07 bits per heavy atom. The molecule has 0 radical (unpaired) electrons. The molecule has 1 aliphatic heterocycles. The molecule has 2 N–H and O–H groups in total. The lowest BCUT2D eigenvalue weighted by Gasteiger charge is -2.36. The molecule has 1 atom stereocenters. The first kappa shape index (κ1) is 20.0. The molecule has 0 saturated carbocycles. The van der Waals surface area contributed by atoms with Crippen LogP contribution in [0.5, 0.6) is 0 Å². The van der Waals surface area contributed by atoms with E-state index >= 15 is 0 Å². The maximum absolute atomic E-state index is 4.49. The molecule has 6 nitrogen and oxygen atoms in total. The van der Waals surface area contributed by atoms with Crippen LogP contribution in [0.2, 0.25) is 0 Å². The van der Waals surface area contributed by atoms with Crippen LogP contribution < -0.4 is 9.80 Å². The van der Waals surface area contributed by atoms with Gasteiger partial charge in [-0.1, -0.05) is 51.1 Å². The van der Waals surface area contributed by atoms with Gasteiger partial charge >= 0.3 is 0 Å². The van der Waals surface area contributed by atoms with Crippen LogP contribution in [0.1, 0.15) is 58.5 Å². The Hall–Kier alpha value is -1.79. The number of piperazine rings is 1. The van der Waals surface area contributed by atoms with Crippen molar-refractivity contribution in [3.05, 3.63) is 41.7 Å².